The Morgan fingerprint density at radius 3 is 2.68 bits per heavy atom. The Morgan fingerprint density at radius 1 is 1.20 bits per heavy atom. The number of aromatic nitrogens is 2. The number of rotatable bonds is 5. The fraction of sp³-hybridized carbons (Fsp3) is 0.600. The lowest BCUT2D eigenvalue weighted by molar-refractivity contribution is 0.141. The lowest BCUT2D eigenvalue weighted by Gasteiger charge is -2.26. The van der Waals surface area contributed by atoms with Gasteiger partial charge in [0.2, 0.25) is 5.89 Å². The summed E-state index contributed by atoms with van der Waals surface area (Å²) in [7, 11) is 0. The number of aryl methyl sites for hydroxylation is 1. The van der Waals surface area contributed by atoms with Gasteiger partial charge in [0.25, 0.3) is 0 Å². The first-order valence-corrected chi connectivity index (χ1v) is 9.46. The van der Waals surface area contributed by atoms with Crippen molar-refractivity contribution in [2.75, 3.05) is 13.2 Å². The van der Waals surface area contributed by atoms with Gasteiger partial charge in [-0.3, -0.25) is 4.90 Å². The third-order valence-electron chi connectivity index (χ3n) is 6.01. The average Bonchev–Trinajstić information content (AvgIpc) is 3.36. The molecule has 2 heterocycles. The maximum atomic E-state index is 9.50. The highest BCUT2D eigenvalue weighted by atomic mass is 16.5. The molecule has 1 aliphatic carbocycles. The second-order valence-electron chi connectivity index (χ2n) is 7.62. The molecule has 1 aromatic heterocycles. The number of hydrogen-bond donors (Lipinski definition) is 1. The Morgan fingerprint density at radius 2 is 1.96 bits per heavy atom. The van der Waals surface area contributed by atoms with Crippen LogP contribution in [0, 0.1) is 6.92 Å². The van der Waals surface area contributed by atoms with E-state index in [-0.39, 0.29) is 18.1 Å². The Hall–Kier alpha value is -1.72. The largest absolute Gasteiger partial charge is 0.395 e. The molecule has 1 N–H and O–H groups in total. The van der Waals surface area contributed by atoms with Gasteiger partial charge in [-0.25, -0.2) is 0 Å². The van der Waals surface area contributed by atoms with Gasteiger partial charge in [-0.15, -0.1) is 0 Å². The van der Waals surface area contributed by atoms with Crippen molar-refractivity contribution in [2.24, 2.45) is 0 Å². The van der Waals surface area contributed by atoms with Crippen molar-refractivity contribution in [1.82, 2.24) is 15.0 Å². The minimum atomic E-state index is -0.100. The predicted molar refractivity (Wildman–Crippen MR) is 95.2 cm³/mol. The molecule has 0 unspecified atom stereocenters. The molecule has 4 rings (SSSR count). The number of nitrogens with zero attached hydrogens (tertiary/aromatic N) is 3. The molecule has 134 valence electrons. The molecule has 1 saturated heterocycles. The monoisotopic (exact) mass is 341 g/mol. The van der Waals surface area contributed by atoms with Gasteiger partial charge in [0.05, 0.1) is 18.6 Å². The maximum absolute atomic E-state index is 9.50. The van der Waals surface area contributed by atoms with E-state index in [1.807, 2.05) is 0 Å². The Bertz CT molecular complexity index is 704. The van der Waals surface area contributed by atoms with Crippen LogP contribution in [0.4, 0.5) is 0 Å². The van der Waals surface area contributed by atoms with Gasteiger partial charge < -0.3 is 9.63 Å². The smallest absolute Gasteiger partial charge is 0.240 e. The zero-order valence-corrected chi connectivity index (χ0v) is 14.9. The van der Waals surface area contributed by atoms with Gasteiger partial charge in [-0.05, 0) is 44.7 Å². The van der Waals surface area contributed by atoms with Crippen LogP contribution in [0.25, 0.3) is 0 Å². The summed E-state index contributed by atoms with van der Waals surface area (Å²) in [5, 5.41) is 13.9. The van der Waals surface area contributed by atoms with E-state index >= 15 is 0 Å². The molecule has 5 heteroatoms. The van der Waals surface area contributed by atoms with E-state index in [0.29, 0.717) is 12.4 Å². The van der Waals surface area contributed by atoms with E-state index in [9.17, 15) is 5.11 Å². The molecule has 5 nitrogen and oxygen atoms in total. The molecule has 2 fully saturated rings. The summed E-state index contributed by atoms with van der Waals surface area (Å²) in [6, 6.07) is 9.02. The molecule has 1 atom stereocenters. The summed E-state index contributed by atoms with van der Waals surface area (Å²) in [5.74, 6) is 1.51. The first kappa shape index (κ1) is 16.7. The molecule has 0 spiro atoms. The van der Waals surface area contributed by atoms with Crippen LogP contribution in [0.1, 0.15) is 61.4 Å². The number of aliphatic hydroxyl groups excluding tert-OH is 1. The van der Waals surface area contributed by atoms with Crippen molar-refractivity contribution in [1.29, 1.82) is 0 Å². The van der Waals surface area contributed by atoms with Crippen LogP contribution in [-0.2, 0) is 12.0 Å². The Kier molecular flexibility index (Phi) is 4.61. The Labute approximate surface area is 149 Å². The SMILES string of the molecule is Cc1ccc(C2(c3noc(CN4CCC[C@H]4CO)n3)CCCC2)cc1. The molecular formula is C20H27N3O2. The van der Waals surface area contributed by atoms with Gasteiger partial charge >= 0.3 is 0 Å². The molecule has 1 aliphatic heterocycles. The molecule has 0 amide bonds. The molecule has 1 saturated carbocycles. The summed E-state index contributed by atoms with van der Waals surface area (Å²) in [6.45, 7) is 3.95. The first-order valence-electron chi connectivity index (χ1n) is 9.46. The van der Waals surface area contributed by atoms with E-state index in [0.717, 1.165) is 38.1 Å². The second kappa shape index (κ2) is 6.89. The van der Waals surface area contributed by atoms with Crippen LogP contribution in [-0.4, -0.2) is 39.3 Å². The molecule has 2 aromatic rings. The molecule has 0 bridgehead atoms. The van der Waals surface area contributed by atoms with Crippen LogP contribution >= 0.6 is 0 Å². The van der Waals surface area contributed by atoms with Gasteiger partial charge in [0, 0.05) is 6.04 Å². The van der Waals surface area contributed by atoms with Crippen LogP contribution < -0.4 is 0 Å². The summed E-state index contributed by atoms with van der Waals surface area (Å²) in [5.41, 5.74) is 2.48. The van der Waals surface area contributed by atoms with E-state index in [4.69, 9.17) is 9.51 Å². The molecule has 2 aliphatic rings. The number of hydrogen-bond acceptors (Lipinski definition) is 5. The maximum Gasteiger partial charge on any atom is 0.240 e. The van der Waals surface area contributed by atoms with Crippen molar-refractivity contribution in [3.8, 4) is 0 Å². The van der Waals surface area contributed by atoms with Crippen molar-refractivity contribution >= 4 is 0 Å². The summed E-state index contributed by atoms with van der Waals surface area (Å²) < 4.78 is 5.62. The first-order chi connectivity index (χ1) is 12.2. The standard InChI is InChI=1S/C20H27N3O2/c1-15-6-8-16(9-7-15)20(10-2-3-11-20)19-21-18(25-22-19)13-23-12-4-5-17(23)14-24/h6-9,17,24H,2-5,10-14H2,1H3/t17-/m0/s1. The fourth-order valence-corrected chi connectivity index (χ4v) is 4.49. The van der Waals surface area contributed by atoms with E-state index in [1.165, 1.54) is 24.0 Å². The highest BCUT2D eigenvalue weighted by Crippen LogP contribution is 2.45. The van der Waals surface area contributed by atoms with E-state index in [1.54, 1.807) is 0 Å². The lowest BCUT2D eigenvalue weighted by Crippen LogP contribution is -2.31. The summed E-state index contributed by atoms with van der Waals surface area (Å²) >= 11 is 0. The van der Waals surface area contributed by atoms with Gasteiger partial charge in [-0.1, -0.05) is 47.8 Å². The van der Waals surface area contributed by atoms with Crippen molar-refractivity contribution < 1.29 is 9.63 Å². The van der Waals surface area contributed by atoms with Gasteiger partial charge in [0.1, 0.15) is 0 Å². The summed E-state index contributed by atoms with van der Waals surface area (Å²) in [6.07, 6.45) is 6.74. The molecular weight excluding hydrogens is 314 g/mol. The van der Waals surface area contributed by atoms with Crippen molar-refractivity contribution in [3.05, 3.63) is 47.1 Å². The molecule has 1 aromatic carbocycles. The number of benzene rings is 1. The molecule has 0 radical (unpaired) electrons. The third-order valence-corrected chi connectivity index (χ3v) is 6.01. The highest BCUT2D eigenvalue weighted by Gasteiger charge is 2.41. The van der Waals surface area contributed by atoms with Crippen LogP contribution in [0.3, 0.4) is 0 Å². The van der Waals surface area contributed by atoms with Crippen LogP contribution in [0.5, 0.6) is 0 Å². The zero-order chi connectivity index (χ0) is 17.3. The minimum Gasteiger partial charge on any atom is -0.395 e. The van der Waals surface area contributed by atoms with Gasteiger partial charge in [0.15, 0.2) is 5.82 Å². The predicted octanol–water partition coefficient (Wildman–Crippen LogP) is 3.19. The topological polar surface area (TPSA) is 62.4 Å². The highest BCUT2D eigenvalue weighted by molar-refractivity contribution is 5.35. The zero-order valence-electron chi connectivity index (χ0n) is 14.9. The summed E-state index contributed by atoms with van der Waals surface area (Å²) in [4.78, 5) is 7.05. The number of aliphatic hydroxyl groups is 1. The van der Waals surface area contributed by atoms with E-state index in [2.05, 4.69) is 41.2 Å². The Balaban J connectivity index is 1.59. The minimum absolute atomic E-state index is 0.100. The quantitative estimate of drug-likeness (QED) is 0.905. The van der Waals surface area contributed by atoms with E-state index < -0.39 is 0 Å². The van der Waals surface area contributed by atoms with Gasteiger partial charge in [-0.2, -0.15) is 4.98 Å². The second-order valence-corrected chi connectivity index (χ2v) is 7.62. The molecule has 25 heavy (non-hydrogen) atoms. The lowest BCUT2D eigenvalue weighted by atomic mass is 9.78. The van der Waals surface area contributed by atoms with Crippen LogP contribution in [0.15, 0.2) is 28.8 Å². The normalized spacial score (nSPS) is 23.4. The third kappa shape index (κ3) is 3.11. The average molecular weight is 341 g/mol. The van der Waals surface area contributed by atoms with Crippen molar-refractivity contribution in [2.45, 2.75) is 63.5 Å². The van der Waals surface area contributed by atoms with Crippen LogP contribution in [0.2, 0.25) is 0 Å². The fourth-order valence-electron chi connectivity index (χ4n) is 4.49. The van der Waals surface area contributed by atoms with Crippen molar-refractivity contribution in [3.63, 3.8) is 0 Å². The number of likely N-dealkylation sites (tertiary alicyclic amines) is 1.